The highest BCUT2D eigenvalue weighted by molar-refractivity contribution is 5.97. The first-order valence-corrected chi connectivity index (χ1v) is 5.26. The number of pyridine rings is 1. The number of rotatable bonds is 4. The lowest BCUT2D eigenvalue weighted by molar-refractivity contribution is 0.0952. The Kier molecular flexibility index (Phi) is 3.42. The monoisotopic (exact) mass is 247 g/mol. The number of methoxy groups -OCH3 is 1. The molecule has 0 radical (unpaired) electrons. The van der Waals surface area contributed by atoms with Crippen LogP contribution < -0.4 is 15.8 Å². The van der Waals surface area contributed by atoms with Crippen molar-refractivity contribution in [3.8, 4) is 5.88 Å². The fourth-order valence-corrected chi connectivity index (χ4v) is 1.39. The molecular formula is C11H13N5O2. The minimum Gasteiger partial charge on any atom is -0.481 e. The second kappa shape index (κ2) is 5.17. The molecule has 2 aromatic rings. The van der Waals surface area contributed by atoms with Gasteiger partial charge in [-0.25, -0.2) is 4.98 Å². The fourth-order valence-electron chi connectivity index (χ4n) is 1.39. The van der Waals surface area contributed by atoms with Gasteiger partial charge in [0.15, 0.2) is 0 Å². The summed E-state index contributed by atoms with van der Waals surface area (Å²) >= 11 is 0. The Morgan fingerprint density at radius 2 is 2.33 bits per heavy atom. The zero-order valence-corrected chi connectivity index (χ0v) is 9.80. The standard InChI is InChI=1S/C11H13N5O2/c1-18-9-3-2-7(4-13-9)5-14-11(17)8-6-15-16-10(8)12/h2-4,6H,5H2,1H3,(H,14,17)(H3,12,15,16). The SMILES string of the molecule is COc1ccc(CNC(=O)c2cn[nH]c2N)cn1. The molecule has 0 aliphatic rings. The van der Waals surface area contributed by atoms with E-state index in [2.05, 4.69) is 20.5 Å². The summed E-state index contributed by atoms with van der Waals surface area (Å²) in [6, 6.07) is 3.55. The predicted molar refractivity (Wildman–Crippen MR) is 65.0 cm³/mol. The molecule has 0 atom stereocenters. The molecule has 0 fully saturated rings. The maximum absolute atomic E-state index is 11.7. The molecule has 2 aromatic heterocycles. The smallest absolute Gasteiger partial charge is 0.256 e. The Hall–Kier alpha value is -2.57. The van der Waals surface area contributed by atoms with E-state index in [0.29, 0.717) is 18.0 Å². The van der Waals surface area contributed by atoms with Crippen LogP contribution in [0.2, 0.25) is 0 Å². The zero-order chi connectivity index (χ0) is 13.0. The van der Waals surface area contributed by atoms with E-state index in [9.17, 15) is 4.79 Å². The number of ether oxygens (including phenoxy) is 1. The molecule has 0 aromatic carbocycles. The quantitative estimate of drug-likeness (QED) is 0.721. The highest BCUT2D eigenvalue weighted by Crippen LogP contribution is 2.08. The van der Waals surface area contributed by atoms with Gasteiger partial charge in [-0.15, -0.1) is 0 Å². The second-order valence-corrected chi connectivity index (χ2v) is 3.59. The van der Waals surface area contributed by atoms with Crippen LogP contribution in [0.15, 0.2) is 24.5 Å². The van der Waals surface area contributed by atoms with Crippen molar-refractivity contribution in [2.45, 2.75) is 6.54 Å². The van der Waals surface area contributed by atoms with Crippen LogP contribution in [0, 0.1) is 0 Å². The number of amides is 1. The van der Waals surface area contributed by atoms with Gasteiger partial charge in [0.2, 0.25) is 5.88 Å². The third-order valence-corrected chi connectivity index (χ3v) is 2.37. The first kappa shape index (κ1) is 11.9. The Morgan fingerprint density at radius 3 is 2.89 bits per heavy atom. The van der Waals surface area contributed by atoms with Gasteiger partial charge in [0.1, 0.15) is 11.4 Å². The number of H-pyrrole nitrogens is 1. The van der Waals surface area contributed by atoms with Crippen LogP contribution in [-0.4, -0.2) is 28.2 Å². The number of nitrogens with one attached hydrogen (secondary N) is 2. The van der Waals surface area contributed by atoms with Crippen LogP contribution in [-0.2, 0) is 6.54 Å². The highest BCUT2D eigenvalue weighted by atomic mass is 16.5. The first-order chi connectivity index (χ1) is 8.70. The third kappa shape index (κ3) is 2.57. The van der Waals surface area contributed by atoms with Crippen molar-refractivity contribution in [1.29, 1.82) is 0 Å². The lowest BCUT2D eigenvalue weighted by atomic mass is 10.2. The number of hydrogen-bond donors (Lipinski definition) is 3. The molecule has 0 aliphatic heterocycles. The first-order valence-electron chi connectivity index (χ1n) is 5.26. The van der Waals surface area contributed by atoms with E-state index in [1.807, 2.05) is 6.07 Å². The molecule has 2 rings (SSSR count). The van der Waals surface area contributed by atoms with Gasteiger partial charge >= 0.3 is 0 Å². The number of nitrogen functional groups attached to an aromatic ring is 1. The van der Waals surface area contributed by atoms with Gasteiger partial charge < -0.3 is 15.8 Å². The van der Waals surface area contributed by atoms with Crippen LogP contribution in [0.25, 0.3) is 0 Å². The van der Waals surface area contributed by atoms with Crippen LogP contribution in [0.3, 0.4) is 0 Å². The fraction of sp³-hybridized carbons (Fsp3) is 0.182. The van der Waals surface area contributed by atoms with Gasteiger partial charge in [0, 0.05) is 18.8 Å². The van der Waals surface area contributed by atoms with Crippen molar-refractivity contribution in [1.82, 2.24) is 20.5 Å². The Balaban J connectivity index is 1.95. The van der Waals surface area contributed by atoms with Gasteiger partial charge in [0.25, 0.3) is 5.91 Å². The summed E-state index contributed by atoms with van der Waals surface area (Å²) < 4.78 is 4.94. The average Bonchev–Trinajstić information content (AvgIpc) is 2.83. The predicted octanol–water partition coefficient (Wildman–Crippen LogP) is 0.325. The van der Waals surface area contributed by atoms with E-state index < -0.39 is 0 Å². The summed E-state index contributed by atoms with van der Waals surface area (Å²) in [5.74, 6) is 0.501. The molecule has 0 bridgehead atoms. The minimum absolute atomic E-state index is 0.250. The summed E-state index contributed by atoms with van der Waals surface area (Å²) in [7, 11) is 1.55. The van der Waals surface area contributed by atoms with Crippen molar-refractivity contribution in [3.05, 3.63) is 35.7 Å². The number of nitrogens with zero attached hydrogens (tertiary/aromatic N) is 2. The number of nitrogens with two attached hydrogens (primary N) is 1. The third-order valence-electron chi connectivity index (χ3n) is 2.37. The maximum Gasteiger partial charge on any atom is 0.256 e. The number of aromatic nitrogens is 3. The molecule has 7 nitrogen and oxygen atoms in total. The van der Waals surface area contributed by atoms with Crippen LogP contribution in [0.5, 0.6) is 5.88 Å². The van der Waals surface area contributed by atoms with Crippen LogP contribution >= 0.6 is 0 Å². The van der Waals surface area contributed by atoms with Gasteiger partial charge in [0.05, 0.1) is 13.3 Å². The van der Waals surface area contributed by atoms with Crippen LogP contribution in [0.4, 0.5) is 5.82 Å². The molecule has 0 spiro atoms. The number of carbonyl (C=O) groups is 1. The zero-order valence-electron chi connectivity index (χ0n) is 9.80. The molecule has 1 amide bonds. The number of carbonyl (C=O) groups excluding carboxylic acids is 1. The molecular weight excluding hydrogens is 234 g/mol. The lowest BCUT2D eigenvalue weighted by Gasteiger charge is -2.05. The van der Waals surface area contributed by atoms with Crippen molar-refractivity contribution >= 4 is 11.7 Å². The van der Waals surface area contributed by atoms with E-state index in [1.54, 1.807) is 19.4 Å². The Bertz CT molecular complexity index is 535. The van der Waals surface area contributed by atoms with Crippen molar-refractivity contribution in [2.75, 3.05) is 12.8 Å². The molecule has 7 heteroatoms. The molecule has 94 valence electrons. The second-order valence-electron chi connectivity index (χ2n) is 3.59. The lowest BCUT2D eigenvalue weighted by Crippen LogP contribution is -2.23. The summed E-state index contributed by atoms with van der Waals surface area (Å²) in [4.78, 5) is 15.8. The van der Waals surface area contributed by atoms with Crippen molar-refractivity contribution in [3.63, 3.8) is 0 Å². The van der Waals surface area contributed by atoms with Gasteiger partial charge in [-0.05, 0) is 5.56 Å². The Morgan fingerprint density at radius 1 is 1.50 bits per heavy atom. The Labute approximate surface area is 103 Å². The summed E-state index contributed by atoms with van der Waals surface area (Å²) in [5, 5.41) is 8.90. The summed E-state index contributed by atoms with van der Waals surface area (Å²) in [6.45, 7) is 0.362. The van der Waals surface area contributed by atoms with Crippen LogP contribution in [0.1, 0.15) is 15.9 Å². The molecule has 4 N–H and O–H groups in total. The number of hydrogen-bond acceptors (Lipinski definition) is 5. The van der Waals surface area contributed by atoms with E-state index in [-0.39, 0.29) is 11.7 Å². The topological polar surface area (TPSA) is 106 Å². The van der Waals surface area contributed by atoms with Gasteiger partial charge in [-0.2, -0.15) is 5.10 Å². The van der Waals surface area contributed by atoms with Gasteiger partial charge in [-0.1, -0.05) is 6.07 Å². The average molecular weight is 247 g/mol. The minimum atomic E-state index is -0.280. The molecule has 0 saturated carbocycles. The number of anilines is 1. The van der Waals surface area contributed by atoms with E-state index >= 15 is 0 Å². The highest BCUT2D eigenvalue weighted by Gasteiger charge is 2.10. The maximum atomic E-state index is 11.7. The van der Waals surface area contributed by atoms with Crippen molar-refractivity contribution < 1.29 is 9.53 Å². The van der Waals surface area contributed by atoms with Gasteiger partial charge in [-0.3, -0.25) is 9.89 Å². The molecule has 0 unspecified atom stereocenters. The summed E-state index contributed by atoms with van der Waals surface area (Å²) in [5.41, 5.74) is 6.74. The van der Waals surface area contributed by atoms with E-state index in [1.165, 1.54) is 6.20 Å². The largest absolute Gasteiger partial charge is 0.481 e. The summed E-state index contributed by atoms with van der Waals surface area (Å²) in [6.07, 6.45) is 3.02. The molecule has 0 saturated heterocycles. The van der Waals surface area contributed by atoms with Crippen molar-refractivity contribution in [2.24, 2.45) is 0 Å². The van der Waals surface area contributed by atoms with E-state index in [0.717, 1.165) is 5.56 Å². The molecule has 18 heavy (non-hydrogen) atoms. The molecule has 2 heterocycles. The number of aromatic amines is 1. The molecule has 0 aliphatic carbocycles. The van der Waals surface area contributed by atoms with E-state index in [4.69, 9.17) is 10.5 Å². The normalized spacial score (nSPS) is 10.1.